The third-order valence-corrected chi connectivity index (χ3v) is 2.85. The van der Waals surface area contributed by atoms with Crippen LogP contribution >= 0.6 is 11.6 Å². The SMILES string of the molecule is O=C1CCC(Cc2cccc(Cl)c2)C(=O)O1. The molecule has 3 nitrogen and oxygen atoms in total. The van der Waals surface area contributed by atoms with E-state index < -0.39 is 11.9 Å². The van der Waals surface area contributed by atoms with Gasteiger partial charge in [-0.05, 0) is 30.5 Å². The molecule has 0 saturated carbocycles. The Morgan fingerprint density at radius 1 is 1.38 bits per heavy atom. The Balaban J connectivity index is 2.05. The summed E-state index contributed by atoms with van der Waals surface area (Å²) in [5.74, 6) is -1.07. The predicted molar refractivity (Wildman–Crippen MR) is 59.0 cm³/mol. The van der Waals surface area contributed by atoms with Gasteiger partial charge in [0.2, 0.25) is 0 Å². The highest BCUT2D eigenvalue weighted by Gasteiger charge is 2.28. The first-order valence-corrected chi connectivity index (χ1v) is 5.52. The van der Waals surface area contributed by atoms with E-state index in [9.17, 15) is 9.59 Å². The number of hydrogen-bond acceptors (Lipinski definition) is 3. The lowest BCUT2D eigenvalue weighted by molar-refractivity contribution is -0.167. The van der Waals surface area contributed by atoms with Crippen molar-refractivity contribution in [1.29, 1.82) is 0 Å². The van der Waals surface area contributed by atoms with Crippen molar-refractivity contribution in [2.45, 2.75) is 19.3 Å². The maximum atomic E-state index is 11.4. The molecular formula is C12H11ClO3. The van der Waals surface area contributed by atoms with Gasteiger partial charge in [0.25, 0.3) is 0 Å². The highest BCUT2D eigenvalue weighted by atomic mass is 35.5. The zero-order chi connectivity index (χ0) is 11.5. The number of cyclic esters (lactones) is 2. The molecule has 1 aromatic carbocycles. The second-order valence-electron chi connectivity index (χ2n) is 3.86. The highest BCUT2D eigenvalue weighted by molar-refractivity contribution is 6.30. The molecule has 84 valence electrons. The van der Waals surface area contributed by atoms with Crippen LogP contribution in [0.1, 0.15) is 18.4 Å². The van der Waals surface area contributed by atoms with Crippen LogP contribution in [0.2, 0.25) is 5.02 Å². The summed E-state index contributed by atoms with van der Waals surface area (Å²) in [6, 6.07) is 7.37. The van der Waals surface area contributed by atoms with Crippen molar-refractivity contribution in [1.82, 2.24) is 0 Å². The van der Waals surface area contributed by atoms with E-state index in [4.69, 9.17) is 11.6 Å². The number of esters is 2. The second kappa shape index (κ2) is 4.66. The Hall–Kier alpha value is -1.35. The van der Waals surface area contributed by atoms with E-state index in [1.807, 2.05) is 18.2 Å². The van der Waals surface area contributed by atoms with Gasteiger partial charge in [-0.15, -0.1) is 0 Å². The molecule has 0 spiro atoms. The van der Waals surface area contributed by atoms with Gasteiger partial charge in [0.15, 0.2) is 0 Å². The van der Waals surface area contributed by atoms with Gasteiger partial charge in [-0.2, -0.15) is 0 Å². The Bertz CT molecular complexity index is 428. The average Bonchev–Trinajstić information content (AvgIpc) is 2.22. The van der Waals surface area contributed by atoms with Crippen LogP contribution < -0.4 is 0 Å². The topological polar surface area (TPSA) is 43.4 Å². The lowest BCUT2D eigenvalue weighted by atomic mass is 9.93. The smallest absolute Gasteiger partial charge is 0.316 e. The molecule has 0 N–H and O–H groups in total. The Labute approximate surface area is 98.4 Å². The molecule has 0 aliphatic carbocycles. The third kappa shape index (κ3) is 2.61. The molecule has 0 radical (unpaired) electrons. The van der Waals surface area contributed by atoms with Gasteiger partial charge in [-0.25, -0.2) is 0 Å². The fraction of sp³-hybridized carbons (Fsp3) is 0.333. The summed E-state index contributed by atoms with van der Waals surface area (Å²) < 4.78 is 4.59. The maximum Gasteiger partial charge on any atom is 0.316 e. The van der Waals surface area contributed by atoms with Crippen LogP contribution in [0.15, 0.2) is 24.3 Å². The number of halogens is 1. The summed E-state index contributed by atoms with van der Waals surface area (Å²) >= 11 is 5.85. The first-order chi connectivity index (χ1) is 7.65. The van der Waals surface area contributed by atoms with Gasteiger partial charge in [0.05, 0.1) is 5.92 Å². The van der Waals surface area contributed by atoms with E-state index >= 15 is 0 Å². The van der Waals surface area contributed by atoms with Crippen molar-refractivity contribution in [2.75, 3.05) is 0 Å². The zero-order valence-electron chi connectivity index (χ0n) is 8.61. The van der Waals surface area contributed by atoms with Crippen molar-refractivity contribution in [3.05, 3.63) is 34.9 Å². The van der Waals surface area contributed by atoms with Gasteiger partial charge in [-0.3, -0.25) is 9.59 Å². The van der Waals surface area contributed by atoms with Gasteiger partial charge in [0.1, 0.15) is 0 Å². The fourth-order valence-electron chi connectivity index (χ4n) is 1.79. The predicted octanol–water partition coefficient (Wildman–Crippen LogP) is 2.36. The number of benzene rings is 1. The van der Waals surface area contributed by atoms with Crippen molar-refractivity contribution < 1.29 is 14.3 Å². The fourth-order valence-corrected chi connectivity index (χ4v) is 2.00. The molecule has 1 unspecified atom stereocenters. The van der Waals surface area contributed by atoms with Crippen LogP contribution in [-0.2, 0) is 20.7 Å². The molecule has 1 heterocycles. The Morgan fingerprint density at radius 3 is 2.88 bits per heavy atom. The molecular weight excluding hydrogens is 228 g/mol. The summed E-state index contributed by atoms with van der Waals surface area (Å²) in [5.41, 5.74) is 0.990. The van der Waals surface area contributed by atoms with Gasteiger partial charge < -0.3 is 4.74 Å². The third-order valence-electron chi connectivity index (χ3n) is 2.62. The molecule has 1 aliphatic rings. The Morgan fingerprint density at radius 2 is 2.19 bits per heavy atom. The molecule has 16 heavy (non-hydrogen) atoms. The molecule has 1 aromatic rings. The molecule has 1 atom stereocenters. The number of carbonyl (C=O) groups is 2. The van der Waals surface area contributed by atoms with Crippen molar-refractivity contribution >= 4 is 23.5 Å². The van der Waals surface area contributed by atoms with E-state index in [1.165, 1.54) is 0 Å². The van der Waals surface area contributed by atoms with E-state index in [0.717, 1.165) is 5.56 Å². The van der Waals surface area contributed by atoms with Crippen LogP contribution in [0.3, 0.4) is 0 Å². The van der Waals surface area contributed by atoms with E-state index in [2.05, 4.69) is 4.74 Å². The minimum atomic E-state index is -0.424. The van der Waals surface area contributed by atoms with Crippen LogP contribution in [-0.4, -0.2) is 11.9 Å². The van der Waals surface area contributed by atoms with Gasteiger partial charge >= 0.3 is 11.9 Å². The summed E-state index contributed by atoms with van der Waals surface area (Å²) in [6.45, 7) is 0. The van der Waals surface area contributed by atoms with Crippen LogP contribution in [0.4, 0.5) is 0 Å². The van der Waals surface area contributed by atoms with Crippen LogP contribution in [0, 0.1) is 5.92 Å². The number of rotatable bonds is 2. The Kier molecular flexibility index (Phi) is 3.25. The number of carbonyl (C=O) groups excluding carboxylic acids is 2. The minimum absolute atomic E-state index is 0.226. The normalized spacial score (nSPS) is 20.7. The van der Waals surface area contributed by atoms with E-state index in [-0.39, 0.29) is 5.92 Å². The molecule has 1 saturated heterocycles. The zero-order valence-corrected chi connectivity index (χ0v) is 9.37. The first kappa shape index (κ1) is 11.1. The first-order valence-electron chi connectivity index (χ1n) is 5.14. The molecule has 1 aliphatic heterocycles. The number of ether oxygens (including phenoxy) is 1. The van der Waals surface area contributed by atoms with Crippen LogP contribution in [0.25, 0.3) is 0 Å². The standard InChI is InChI=1S/C12H11ClO3/c13-10-3-1-2-8(7-10)6-9-4-5-11(14)16-12(9)15/h1-3,7,9H,4-6H2. The van der Waals surface area contributed by atoms with Crippen molar-refractivity contribution in [2.24, 2.45) is 5.92 Å². The highest BCUT2D eigenvalue weighted by Crippen LogP contribution is 2.22. The van der Waals surface area contributed by atoms with Gasteiger partial charge in [-0.1, -0.05) is 23.7 Å². The maximum absolute atomic E-state index is 11.4. The molecule has 4 heteroatoms. The second-order valence-corrected chi connectivity index (χ2v) is 4.30. The number of hydrogen-bond donors (Lipinski definition) is 0. The molecule has 1 fully saturated rings. The molecule has 0 bridgehead atoms. The summed E-state index contributed by atoms with van der Waals surface area (Å²) in [6.07, 6.45) is 1.45. The lowest BCUT2D eigenvalue weighted by Crippen LogP contribution is -2.29. The van der Waals surface area contributed by atoms with E-state index in [0.29, 0.717) is 24.3 Å². The van der Waals surface area contributed by atoms with Gasteiger partial charge in [0, 0.05) is 11.4 Å². The summed E-state index contributed by atoms with van der Waals surface area (Å²) in [7, 11) is 0. The van der Waals surface area contributed by atoms with Crippen molar-refractivity contribution in [3.8, 4) is 0 Å². The quantitative estimate of drug-likeness (QED) is 0.587. The molecule has 0 amide bonds. The largest absolute Gasteiger partial charge is 0.393 e. The van der Waals surface area contributed by atoms with Crippen LogP contribution in [0.5, 0.6) is 0 Å². The monoisotopic (exact) mass is 238 g/mol. The summed E-state index contributed by atoms with van der Waals surface area (Å²) in [4.78, 5) is 22.3. The molecule has 0 aromatic heterocycles. The minimum Gasteiger partial charge on any atom is -0.393 e. The summed E-state index contributed by atoms with van der Waals surface area (Å²) in [5, 5.41) is 0.651. The lowest BCUT2D eigenvalue weighted by Gasteiger charge is -2.19. The van der Waals surface area contributed by atoms with Crippen molar-refractivity contribution in [3.63, 3.8) is 0 Å². The van der Waals surface area contributed by atoms with E-state index in [1.54, 1.807) is 6.07 Å². The average molecular weight is 239 g/mol. The molecule has 2 rings (SSSR count).